The van der Waals surface area contributed by atoms with Gasteiger partial charge in [-0.15, -0.1) is 10.6 Å². The van der Waals surface area contributed by atoms with E-state index in [0.717, 1.165) is 25.1 Å². The number of ether oxygens (including phenoxy) is 1. The Labute approximate surface area is 158 Å². The zero-order valence-electron chi connectivity index (χ0n) is 15.3. The molecule has 3 aliphatic heterocycles. The van der Waals surface area contributed by atoms with E-state index < -0.39 is 11.9 Å². The van der Waals surface area contributed by atoms with Gasteiger partial charge in [-0.2, -0.15) is 0 Å². The van der Waals surface area contributed by atoms with Crippen LogP contribution in [0.3, 0.4) is 0 Å². The number of nitrogens with one attached hydrogen (secondary N) is 4. The molecule has 0 aliphatic carbocycles. The lowest BCUT2D eigenvalue weighted by Crippen LogP contribution is -2.44. The first-order valence-electron chi connectivity index (χ1n) is 9.66. The molecule has 0 saturated carbocycles. The highest BCUT2D eigenvalue weighted by Crippen LogP contribution is 2.32. The number of carboxylic acids is 1. The van der Waals surface area contributed by atoms with Crippen molar-refractivity contribution in [3.8, 4) is 0 Å². The predicted octanol–water partition coefficient (Wildman–Crippen LogP) is 0.585. The van der Waals surface area contributed by atoms with Crippen molar-refractivity contribution in [1.82, 2.24) is 21.8 Å². The fourth-order valence-corrected chi connectivity index (χ4v) is 4.43. The Kier molecular flexibility index (Phi) is 5.56. The van der Waals surface area contributed by atoms with E-state index >= 15 is 0 Å². The van der Waals surface area contributed by atoms with Crippen LogP contribution in [0.2, 0.25) is 0 Å². The van der Waals surface area contributed by atoms with Gasteiger partial charge in [0.25, 0.3) is 0 Å². The molecule has 4 rings (SSSR count). The molecule has 146 valence electrons. The number of benzene rings is 1. The fraction of sp³-hybridized carbons (Fsp3) is 0.579. The van der Waals surface area contributed by atoms with Gasteiger partial charge in [-0.3, -0.25) is 10.2 Å². The summed E-state index contributed by atoms with van der Waals surface area (Å²) in [5.74, 6) is -0.373. The Balaban J connectivity index is 1.54. The van der Waals surface area contributed by atoms with Crippen molar-refractivity contribution in [3.05, 3.63) is 35.4 Å². The Bertz CT molecular complexity index is 681. The van der Waals surface area contributed by atoms with Crippen LogP contribution in [0, 0.1) is 17.8 Å². The number of rotatable bonds is 7. The molecule has 2 fully saturated rings. The molecule has 0 radical (unpaired) electrons. The second-order valence-corrected chi connectivity index (χ2v) is 7.59. The quantitative estimate of drug-likeness (QED) is 0.476. The highest BCUT2D eigenvalue weighted by Gasteiger charge is 2.40. The van der Waals surface area contributed by atoms with Gasteiger partial charge in [-0.05, 0) is 48.8 Å². The van der Waals surface area contributed by atoms with Gasteiger partial charge in [0.2, 0.25) is 0 Å². The molecule has 3 aliphatic rings. The summed E-state index contributed by atoms with van der Waals surface area (Å²) >= 11 is 0. The molecule has 27 heavy (non-hydrogen) atoms. The smallest absolute Gasteiger partial charge is 0.307 e. The van der Waals surface area contributed by atoms with E-state index in [-0.39, 0.29) is 11.8 Å². The van der Waals surface area contributed by atoms with Crippen molar-refractivity contribution < 1.29 is 14.6 Å². The van der Waals surface area contributed by atoms with Gasteiger partial charge in [0.15, 0.2) is 0 Å². The van der Waals surface area contributed by atoms with Gasteiger partial charge >= 0.3 is 5.97 Å². The fourth-order valence-electron chi connectivity index (χ4n) is 4.43. The Morgan fingerprint density at radius 3 is 2.74 bits per heavy atom. The Morgan fingerprint density at radius 1 is 1.30 bits per heavy atom. The molecule has 1 aromatic carbocycles. The van der Waals surface area contributed by atoms with Crippen molar-refractivity contribution in [2.75, 3.05) is 26.3 Å². The van der Waals surface area contributed by atoms with E-state index in [1.54, 1.807) is 0 Å². The van der Waals surface area contributed by atoms with E-state index in [9.17, 15) is 9.90 Å². The minimum Gasteiger partial charge on any atom is -0.481 e. The van der Waals surface area contributed by atoms with Crippen LogP contribution in [-0.2, 0) is 16.0 Å². The van der Waals surface area contributed by atoms with Crippen LogP contribution >= 0.6 is 0 Å². The molecule has 1 aromatic rings. The maximum atomic E-state index is 12.1. The molecule has 4 atom stereocenters. The normalized spacial score (nSPS) is 26.9. The van der Waals surface area contributed by atoms with Crippen LogP contribution in [0.25, 0.3) is 0 Å². The maximum absolute atomic E-state index is 12.1. The zero-order valence-corrected chi connectivity index (χ0v) is 15.3. The lowest BCUT2D eigenvalue weighted by Gasteiger charge is -2.27. The zero-order chi connectivity index (χ0) is 18.6. The number of hydrazone groups is 1. The van der Waals surface area contributed by atoms with Gasteiger partial charge in [-0.1, -0.05) is 24.3 Å². The van der Waals surface area contributed by atoms with Crippen LogP contribution < -0.4 is 21.8 Å². The molecule has 8 nitrogen and oxygen atoms in total. The topological polar surface area (TPSA) is 107 Å². The molecule has 0 amide bonds. The molecule has 3 heterocycles. The van der Waals surface area contributed by atoms with Crippen molar-refractivity contribution in [2.24, 2.45) is 22.9 Å². The summed E-state index contributed by atoms with van der Waals surface area (Å²) in [7, 11) is 0. The number of amidine groups is 1. The van der Waals surface area contributed by atoms with Crippen molar-refractivity contribution in [3.63, 3.8) is 0 Å². The number of aliphatic carboxylic acids is 1. The van der Waals surface area contributed by atoms with E-state index in [4.69, 9.17) is 4.74 Å². The first kappa shape index (κ1) is 18.2. The second kappa shape index (κ2) is 8.24. The van der Waals surface area contributed by atoms with Crippen LogP contribution in [-0.4, -0.2) is 43.2 Å². The molecule has 2 saturated heterocycles. The van der Waals surface area contributed by atoms with Crippen LogP contribution in [0.4, 0.5) is 0 Å². The average Bonchev–Trinajstić information content (AvgIpc) is 3.43. The first-order valence-corrected chi connectivity index (χ1v) is 9.66. The molecule has 0 bridgehead atoms. The monoisotopic (exact) mass is 373 g/mol. The number of nitrogens with zero attached hydrogens (tertiary/aromatic N) is 1. The summed E-state index contributed by atoms with van der Waals surface area (Å²) in [6, 6.07) is 8.61. The highest BCUT2D eigenvalue weighted by molar-refractivity contribution is 5.89. The third-order valence-corrected chi connectivity index (χ3v) is 5.93. The predicted molar refractivity (Wildman–Crippen MR) is 101 cm³/mol. The third kappa shape index (κ3) is 4.07. The van der Waals surface area contributed by atoms with E-state index in [1.807, 2.05) is 0 Å². The van der Waals surface area contributed by atoms with Gasteiger partial charge in [-0.25, -0.2) is 5.53 Å². The minimum atomic E-state index is -0.791. The molecule has 5 N–H and O–H groups in total. The maximum Gasteiger partial charge on any atom is 0.307 e. The molecule has 0 aromatic heterocycles. The molecule has 0 spiro atoms. The minimum absolute atomic E-state index is 0.00133. The first-order chi connectivity index (χ1) is 13.2. The Hall–Kier alpha value is -2.16. The van der Waals surface area contributed by atoms with E-state index in [2.05, 4.69) is 51.2 Å². The number of carbonyl (C=O) groups is 1. The largest absolute Gasteiger partial charge is 0.481 e. The van der Waals surface area contributed by atoms with Crippen LogP contribution in [0.15, 0.2) is 29.4 Å². The lowest BCUT2D eigenvalue weighted by atomic mass is 9.77. The molecule has 8 heteroatoms. The SMILES string of the molecule is O=C(O)C(C1CCOC1)C(Cc1ccc(C2CCNC2)cc1)C1=NNNN1. The summed E-state index contributed by atoms with van der Waals surface area (Å²) in [4.78, 5) is 12.1. The average molecular weight is 373 g/mol. The molecular formula is C19H27N5O3. The lowest BCUT2D eigenvalue weighted by molar-refractivity contribution is -0.145. The van der Waals surface area contributed by atoms with E-state index in [1.165, 1.54) is 12.0 Å². The number of hydrogen-bond donors (Lipinski definition) is 5. The van der Waals surface area contributed by atoms with Gasteiger partial charge < -0.3 is 15.2 Å². The van der Waals surface area contributed by atoms with Gasteiger partial charge in [0, 0.05) is 19.1 Å². The second-order valence-electron chi connectivity index (χ2n) is 7.59. The number of hydrogen-bond acceptors (Lipinski definition) is 7. The van der Waals surface area contributed by atoms with Crippen LogP contribution in [0.1, 0.15) is 29.9 Å². The van der Waals surface area contributed by atoms with Crippen molar-refractivity contribution in [2.45, 2.75) is 25.2 Å². The number of carboxylic acid groups (broad SMARTS) is 1. The van der Waals surface area contributed by atoms with Gasteiger partial charge in [0.1, 0.15) is 5.84 Å². The van der Waals surface area contributed by atoms with Gasteiger partial charge in [0.05, 0.1) is 12.5 Å². The van der Waals surface area contributed by atoms with E-state index in [0.29, 0.717) is 31.4 Å². The Morgan fingerprint density at radius 2 is 2.15 bits per heavy atom. The summed E-state index contributed by atoms with van der Waals surface area (Å²) in [5, 5.41) is 17.6. The summed E-state index contributed by atoms with van der Waals surface area (Å²) in [6.45, 7) is 3.23. The highest BCUT2D eigenvalue weighted by atomic mass is 16.5. The molecular weight excluding hydrogens is 346 g/mol. The standard InChI is InChI=1S/C19H27N5O3/c25-19(26)17(15-6-8-27-11-15)16(18-21-23-24-22-18)9-12-1-3-13(4-2-12)14-5-7-20-10-14/h1-4,14-17,20,23-24H,5-11H2,(H,21,22)(H,25,26). The van der Waals surface area contributed by atoms with Crippen molar-refractivity contribution >= 4 is 11.8 Å². The number of hydrazine groups is 2. The summed E-state index contributed by atoms with van der Waals surface area (Å²) in [6.07, 6.45) is 2.56. The van der Waals surface area contributed by atoms with Crippen LogP contribution in [0.5, 0.6) is 0 Å². The third-order valence-electron chi connectivity index (χ3n) is 5.93. The molecule has 4 unspecified atom stereocenters. The van der Waals surface area contributed by atoms with Crippen molar-refractivity contribution in [1.29, 1.82) is 0 Å². The summed E-state index contributed by atoms with van der Waals surface area (Å²) in [5.41, 5.74) is 10.8. The summed E-state index contributed by atoms with van der Waals surface area (Å²) < 4.78 is 5.46.